The highest BCUT2D eigenvalue weighted by molar-refractivity contribution is 7.09. The summed E-state index contributed by atoms with van der Waals surface area (Å²) in [4.78, 5) is 11.2. The Labute approximate surface area is 157 Å². The third-order valence-electron chi connectivity index (χ3n) is 5.14. The number of aromatic nitrogens is 2. The number of nitriles is 1. The van der Waals surface area contributed by atoms with Gasteiger partial charge in [-0.25, -0.2) is 9.97 Å². The van der Waals surface area contributed by atoms with Crippen LogP contribution in [-0.2, 0) is 11.3 Å². The summed E-state index contributed by atoms with van der Waals surface area (Å²) in [5.41, 5.74) is 1.65. The van der Waals surface area contributed by atoms with Gasteiger partial charge in [-0.3, -0.25) is 4.90 Å². The molecule has 136 valence electrons. The predicted molar refractivity (Wildman–Crippen MR) is 97.9 cm³/mol. The van der Waals surface area contributed by atoms with Crippen LogP contribution >= 0.6 is 11.3 Å². The van der Waals surface area contributed by atoms with E-state index in [1.54, 1.807) is 29.7 Å². The van der Waals surface area contributed by atoms with E-state index < -0.39 is 0 Å². The number of rotatable bonds is 6. The van der Waals surface area contributed by atoms with Gasteiger partial charge in [0, 0.05) is 42.3 Å². The first kappa shape index (κ1) is 17.4. The molecule has 2 aliphatic rings. The predicted octanol–water partition coefficient (Wildman–Crippen LogP) is 2.63. The summed E-state index contributed by atoms with van der Waals surface area (Å²) >= 11 is 1.74. The number of thiazole rings is 1. The van der Waals surface area contributed by atoms with Crippen molar-refractivity contribution in [1.82, 2.24) is 14.9 Å². The maximum Gasteiger partial charge on any atom is 0.213 e. The molecule has 3 atom stereocenters. The zero-order valence-electron chi connectivity index (χ0n) is 14.8. The van der Waals surface area contributed by atoms with E-state index in [0.717, 1.165) is 38.4 Å². The van der Waals surface area contributed by atoms with Gasteiger partial charge in [0.05, 0.1) is 31.4 Å². The minimum Gasteiger partial charge on any atom is -0.478 e. The van der Waals surface area contributed by atoms with Crippen LogP contribution in [0.5, 0.6) is 5.88 Å². The average Bonchev–Trinajstić information content (AvgIpc) is 3.33. The Morgan fingerprint density at radius 2 is 2.35 bits per heavy atom. The van der Waals surface area contributed by atoms with Crippen LogP contribution < -0.4 is 4.74 Å². The van der Waals surface area contributed by atoms with Crippen molar-refractivity contribution in [2.24, 2.45) is 11.8 Å². The largest absolute Gasteiger partial charge is 0.478 e. The van der Waals surface area contributed by atoms with E-state index in [0.29, 0.717) is 36.0 Å². The normalized spacial score (nSPS) is 25.2. The van der Waals surface area contributed by atoms with Gasteiger partial charge in [-0.2, -0.15) is 5.26 Å². The third-order valence-corrected chi connectivity index (χ3v) is 6.10. The lowest BCUT2D eigenvalue weighted by Crippen LogP contribution is -2.24. The highest BCUT2D eigenvalue weighted by Crippen LogP contribution is 2.36. The van der Waals surface area contributed by atoms with Crippen molar-refractivity contribution in [1.29, 1.82) is 5.26 Å². The maximum absolute atomic E-state index is 8.80. The fourth-order valence-electron chi connectivity index (χ4n) is 3.82. The highest BCUT2D eigenvalue weighted by atomic mass is 32.1. The van der Waals surface area contributed by atoms with Crippen LogP contribution in [0.4, 0.5) is 0 Å². The SMILES string of the molecule is Cc1csc(CN2C[C@H]3[C@@H](CCOc4ccc(C#N)cn4)CO[C@H]3C2)n1. The van der Waals surface area contributed by atoms with Gasteiger partial charge in [0.15, 0.2) is 0 Å². The molecule has 0 aromatic carbocycles. The number of pyridine rings is 1. The van der Waals surface area contributed by atoms with Crippen molar-refractivity contribution < 1.29 is 9.47 Å². The first-order valence-electron chi connectivity index (χ1n) is 8.95. The number of ether oxygens (including phenoxy) is 2. The molecule has 26 heavy (non-hydrogen) atoms. The Morgan fingerprint density at radius 3 is 3.08 bits per heavy atom. The quantitative estimate of drug-likeness (QED) is 0.778. The Kier molecular flexibility index (Phi) is 5.16. The molecular weight excluding hydrogens is 348 g/mol. The average molecular weight is 370 g/mol. The summed E-state index contributed by atoms with van der Waals surface area (Å²) in [5.74, 6) is 1.68. The van der Waals surface area contributed by atoms with Crippen molar-refractivity contribution in [3.8, 4) is 11.9 Å². The van der Waals surface area contributed by atoms with E-state index in [4.69, 9.17) is 14.7 Å². The monoisotopic (exact) mass is 370 g/mol. The summed E-state index contributed by atoms with van der Waals surface area (Å²) in [6.45, 7) is 6.49. The number of hydrogen-bond acceptors (Lipinski definition) is 7. The van der Waals surface area contributed by atoms with Gasteiger partial charge >= 0.3 is 0 Å². The molecule has 0 saturated carbocycles. The lowest BCUT2D eigenvalue weighted by Gasteiger charge is -2.18. The molecule has 0 N–H and O–H groups in total. The molecule has 6 nitrogen and oxygen atoms in total. The first-order valence-corrected chi connectivity index (χ1v) is 9.83. The summed E-state index contributed by atoms with van der Waals surface area (Å²) < 4.78 is 11.8. The molecule has 0 radical (unpaired) electrons. The van der Waals surface area contributed by atoms with Crippen molar-refractivity contribution >= 4 is 11.3 Å². The van der Waals surface area contributed by atoms with E-state index in [1.165, 1.54) is 5.01 Å². The second-order valence-corrected chi connectivity index (χ2v) is 7.95. The van der Waals surface area contributed by atoms with Crippen molar-refractivity contribution in [2.75, 3.05) is 26.3 Å². The zero-order chi connectivity index (χ0) is 17.9. The van der Waals surface area contributed by atoms with Crippen LogP contribution in [0.1, 0.15) is 22.7 Å². The van der Waals surface area contributed by atoms with Gasteiger partial charge in [0.25, 0.3) is 0 Å². The van der Waals surface area contributed by atoms with Crippen molar-refractivity contribution in [2.45, 2.75) is 26.0 Å². The Bertz CT molecular complexity index is 786. The fraction of sp³-hybridized carbons (Fsp3) is 0.526. The minimum absolute atomic E-state index is 0.342. The summed E-state index contributed by atoms with van der Waals surface area (Å²) in [7, 11) is 0. The molecule has 2 saturated heterocycles. The molecule has 4 heterocycles. The third kappa shape index (κ3) is 3.88. The number of likely N-dealkylation sites (tertiary alicyclic amines) is 1. The van der Waals surface area contributed by atoms with E-state index in [9.17, 15) is 0 Å². The van der Waals surface area contributed by atoms with Crippen LogP contribution in [0.3, 0.4) is 0 Å². The van der Waals surface area contributed by atoms with Gasteiger partial charge in [0.1, 0.15) is 11.1 Å². The van der Waals surface area contributed by atoms with Crippen LogP contribution in [0, 0.1) is 30.1 Å². The smallest absolute Gasteiger partial charge is 0.213 e. The van der Waals surface area contributed by atoms with Crippen LogP contribution in [0.25, 0.3) is 0 Å². The summed E-state index contributed by atoms with van der Waals surface area (Å²) in [6, 6.07) is 5.54. The van der Waals surface area contributed by atoms with Gasteiger partial charge in [-0.15, -0.1) is 11.3 Å². The van der Waals surface area contributed by atoms with E-state index in [2.05, 4.69) is 26.3 Å². The minimum atomic E-state index is 0.342. The topological polar surface area (TPSA) is 71.3 Å². The molecule has 2 fully saturated rings. The molecule has 0 aliphatic carbocycles. The molecule has 0 amide bonds. The summed E-state index contributed by atoms with van der Waals surface area (Å²) in [6.07, 6.45) is 2.85. The fourth-order valence-corrected chi connectivity index (χ4v) is 4.63. The highest BCUT2D eigenvalue weighted by Gasteiger charge is 2.43. The van der Waals surface area contributed by atoms with Gasteiger partial charge < -0.3 is 9.47 Å². The molecule has 2 aromatic rings. The molecule has 0 bridgehead atoms. The standard InChI is InChI=1S/C19H22N4O2S/c1-13-12-26-19(22-13)10-23-8-16-15(11-25-17(16)9-23)4-5-24-18-3-2-14(6-20)7-21-18/h2-3,7,12,15-17H,4-5,8-11H2,1H3/t15-,16-,17-/m0/s1. The first-order chi connectivity index (χ1) is 12.7. The molecular formula is C19H22N4O2S. The Balaban J connectivity index is 1.25. The number of hydrogen-bond donors (Lipinski definition) is 0. The van der Waals surface area contributed by atoms with Gasteiger partial charge in [0.2, 0.25) is 5.88 Å². The molecule has 7 heteroatoms. The Hall–Kier alpha value is -2.01. The van der Waals surface area contributed by atoms with Crippen LogP contribution in [-0.4, -0.2) is 47.3 Å². The zero-order valence-corrected chi connectivity index (χ0v) is 15.6. The van der Waals surface area contributed by atoms with E-state index >= 15 is 0 Å². The van der Waals surface area contributed by atoms with Crippen LogP contribution in [0.2, 0.25) is 0 Å². The molecule has 4 rings (SSSR count). The van der Waals surface area contributed by atoms with Crippen molar-refractivity contribution in [3.05, 3.63) is 40.0 Å². The summed E-state index contributed by atoms with van der Waals surface area (Å²) in [5, 5.41) is 12.1. The van der Waals surface area contributed by atoms with Crippen LogP contribution in [0.15, 0.2) is 23.7 Å². The van der Waals surface area contributed by atoms with E-state index in [-0.39, 0.29) is 0 Å². The van der Waals surface area contributed by atoms with E-state index in [1.807, 2.05) is 6.92 Å². The van der Waals surface area contributed by atoms with Gasteiger partial charge in [-0.1, -0.05) is 0 Å². The second kappa shape index (κ2) is 7.70. The second-order valence-electron chi connectivity index (χ2n) is 7.01. The number of fused-ring (bicyclic) bond motifs is 1. The molecule has 2 aliphatic heterocycles. The Morgan fingerprint density at radius 1 is 1.42 bits per heavy atom. The number of nitrogens with zero attached hydrogens (tertiary/aromatic N) is 4. The lowest BCUT2D eigenvalue weighted by molar-refractivity contribution is 0.0922. The molecule has 0 unspecified atom stereocenters. The maximum atomic E-state index is 8.80. The molecule has 0 spiro atoms. The van der Waals surface area contributed by atoms with Gasteiger partial charge in [-0.05, 0) is 25.3 Å². The number of aryl methyl sites for hydroxylation is 1. The lowest BCUT2D eigenvalue weighted by atomic mass is 9.91. The molecule has 2 aromatic heterocycles. The van der Waals surface area contributed by atoms with Crippen molar-refractivity contribution in [3.63, 3.8) is 0 Å².